The first-order valence-electron chi connectivity index (χ1n) is 8.14. The Kier molecular flexibility index (Phi) is 3.15. The predicted octanol–water partition coefficient (Wildman–Crippen LogP) is 4.48. The van der Waals surface area contributed by atoms with Gasteiger partial charge in [-0.1, -0.05) is 26.8 Å². The summed E-state index contributed by atoms with van der Waals surface area (Å²) in [5, 5.41) is 0. The van der Waals surface area contributed by atoms with E-state index in [9.17, 15) is 4.79 Å². The van der Waals surface area contributed by atoms with Gasteiger partial charge in [0.25, 0.3) is 0 Å². The highest BCUT2D eigenvalue weighted by Gasteiger charge is 2.59. The molecule has 6 atom stereocenters. The molecule has 0 aromatic heterocycles. The monoisotopic (exact) mass is 260 g/mol. The minimum atomic E-state index is 0.310. The number of ketones is 1. The molecule has 1 heteroatoms. The van der Waals surface area contributed by atoms with E-state index >= 15 is 0 Å². The maximum absolute atomic E-state index is 12.7. The van der Waals surface area contributed by atoms with Gasteiger partial charge in [0.05, 0.1) is 0 Å². The van der Waals surface area contributed by atoms with Crippen LogP contribution < -0.4 is 0 Å². The van der Waals surface area contributed by atoms with Crippen molar-refractivity contribution in [3.05, 3.63) is 12.7 Å². The van der Waals surface area contributed by atoms with Gasteiger partial charge in [-0.05, 0) is 60.7 Å². The topological polar surface area (TPSA) is 17.1 Å². The summed E-state index contributed by atoms with van der Waals surface area (Å²) in [7, 11) is 0. The molecule has 0 heterocycles. The van der Waals surface area contributed by atoms with Crippen LogP contribution in [0.25, 0.3) is 0 Å². The number of hydrogen-bond acceptors (Lipinski definition) is 1. The predicted molar refractivity (Wildman–Crippen MR) is 78.7 cm³/mol. The standard InChI is InChI=1S/C18H28O/c1-5-12-6-7-14-17(12)16(19)10-15-13(11(2)3)8-9-18(14,15)4/h5,11-15,17H,1,6-10H2,2-4H3/t12-,13-,14-,15-,17+,18+/m1/s1. The maximum atomic E-state index is 12.7. The molecule has 0 aromatic carbocycles. The molecule has 0 amide bonds. The fourth-order valence-electron chi connectivity index (χ4n) is 5.85. The quantitative estimate of drug-likeness (QED) is 0.669. The molecule has 1 nitrogen and oxygen atoms in total. The number of hydrogen-bond donors (Lipinski definition) is 0. The average Bonchev–Trinajstić information content (AvgIpc) is 2.92. The number of rotatable bonds is 2. The van der Waals surface area contributed by atoms with Gasteiger partial charge in [-0.15, -0.1) is 6.58 Å². The number of allylic oxidation sites excluding steroid dienone is 1. The van der Waals surface area contributed by atoms with Crippen LogP contribution in [0.1, 0.15) is 52.9 Å². The molecule has 3 saturated carbocycles. The minimum absolute atomic E-state index is 0.310. The summed E-state index contributed by atoms with van der Waals surface area (Å²) in [4.78, 5) is 12.7. The van der Waals surface area contributed by atoms with Crippen LogP contribution in [0.15, 0.2) is 12.7 Å². The summed E-state index contributed by atoms with van der Waals surface area (Å²) < 4.78 is 0. The van der Waals surface area contributed by atoms with Crippen molar-refractivity contribution >= 4 is 5.78 Å². The Balaban J connectivity index is 1.93. The lowest BCUT2D eigenvalue weighted by molar-refractivity contribution is -0.135. The summed E-state index contributed by atoms with van der Waals surface area (Å²) in [6, 6.07) is 0. The lowest BCUT2D eigenvalue weighted by Gasteiger charge is -2.47. The molecule has 0 N–H and O–H groups in total. The molecule has 3 fully saturated rings. The van der Waals surface area contributed by atoms with E-state index in [2.05, 4.69) is 33.4 Å². The second-order valence-electron chi connectivity index (χ2n) is 7.84. The van der Waals surface area contributed by atoms with E-state index in [1.54, 1.807) is 0 Å². The Morgan fingerprint density at radius 3 is 2.63 bits per heavy atom. The lowest BCUT2D eigenvalue weighted by atomic mass is 9.56. The summed E-state index contributed by atoms with van der Waals surface area (Å²) in [6.07, 6.45) is 8.04. The van der Waals surface area contributed by atoms with Gasteiger partial charge in [0.2, 0.25) is 0 Å². The normalized spacial score (nSPS) is 49.3. The SMILES string of the molecule is C=C[C@@H]1CC[C@@H]2[C@H]1C(=O)C[C@@H]1[C@@H](C(C)C)CC[C@@]21C. The molecule has 0 radical (unpaired) electrons. The Hall–Kier alpha value is -0.590. The van der Waals surface area contributed by atoms with Crippen LogP contribution in [0.2, 0.25) is 0 Å². The molecular formula is C18H28O. The number of fused-ring (bicyclic) bond motifs is 3. The zero-order chi connectivity index (χ0) is 13.8. The smallest absolute Gasteiger partial charge is 0.137 e. The molecule has 0 bridgehead atoms. The van der Waals surface area contributed by atoms with E-state index < -0.39 is 0 Å². The van der Waals surface area contributed by atoms with E-state index in [1.165, 1.54) is 25.7 Å². The van der Waals surface area contributed by atoms with Crippen LogP contribution in [0, 0.1) is 40.9 Å². The molecule has 3 aliphatic carbocycles. The fourth-order valence-corrected chi connectivity index (χ4v) is 5.85. The van der Waals surface area contributed by atoms with E-state index in [0.717, 1.165) is 18.3 Å². The summed E-state index contributed by atoms with van der Waals surface area (Å²) >= 11 is 0. The average molecular weight is 260 g/mol. The highest BCUT2D eigenvalue weighted by molar-refractivity contribution is 5.83. The van der Waals surface area contributed by atoms with Gasteiger partial charge < -0.3 is 0 Å². The Morgan fingerprint density at radius 2 is 2.00 bits per heavy atom. The van der Waals surface area contributed by atoms with Crippen molar-refractivity contribution in [2.45, 2.75) is 52.9 Å². The molecule has 3 rings (SSSR count). The number of carbonyl (C=O) groups is 1. The van der Waals surface area contributed by atoms with Gasteiger partial charge in [-0.3, -0.25) is 4.79 Å². The van der Waals surface area contributed by atoms with Gasteiger partial charge >= 0.3 is 0 Å². The molecule has 0 unspecified atom stereocenters. The lowest BCUT2D eigenvalue weighted by Crippen LogP contribution is -2.46. The molecule has 3 aliphatic rings. The molecular weight excluding hydrogens is 232 g/mol. The van der Waals surface area contributed by atoms with Crippen LogP contribution in [0.4, 0.5) is 0 Å². The number of carbonyl (C=O) groups excluding carboxylic acids is 1. The zero-order valence-corrected chi connectivity index (χ0v) is 12.7. The molecule has 0 saturated heterocycles. The molecule has 0 aromatic rings. The summed E-state index contributed by atoms with van der Waals surface area (Å²) in [5.74, 6) is 4.14. The Bertz CT molecular complexity index is 396. The largest absolute Gasteiger partial charge is 0.299 e. The van der Waals surface area contributed by atoms with Crippen molar-refractivity contribution in [2.75, 3.05) is 0 Å². The molecule has 19 heavy (non-hydrogen) atoms. The number of Topliss-reactive ketones (excluding diaryl/α,β-unsaturated/α-hetero) is 1. The van der Waals surface area contributed by atoms with Crippen molar-refractivity contribution in [2.24, 2.45) is 40.9 Å². The summed E-state index contributed by atoms with van der Waals surface area (Å²) in [5.41, 5.74) is 0.436. The second-order valence-corrected chi connectivity index (χ2v) is 7.84. The van der Waals surface area contributed by atoms with Crippen molar-refractivity contribution in [3.63, 3.8) is 0 Å². The molecule has 0 spiro atoms. The minimum Gasteiger partial charge on any atom is -0.299 e. The maximum Gasteiger partial charge on any atom is 0.137 e. The first-order chi connectivity index (χ1) is 8.99. The van der Waals surface area contributed by atoms with E-state index in [1.807, 2.05) is 0 Å². The molecule has 0 aliphatic heterocycles. The van der Waals surface area contributed by atoms with Gasteiger partial charge in [-0.25, -0.2) is 0 Å². The van der Waals surface area contributed by atoms with Crippen molar-refractivity contribution in [1.29, 1.82) is 0 Å². The van der Waals surface area contributed by atoms with Crippen LogP contribution in [0.5, 0.6) is 0 Å². The van der Waals surface area contributed by atoms with Crippen molar-refractivity contribution in [3.8, 4) is 0 Å². The molecule has 106 valence electrons. The van der Waals surface area contributed by atoms with E-state index in [0.29, 0.717) is 34.9 Å². The summed E-state index contributed by atoms with van der Waals surface area (Å²) in [6.45, 7) is 11.1. The first kappa shape index (κ1) is 13.4. The van der Waals surface area contributed by atoms with Crippen molar-refractivity contribution in [1.82, 2.24) is 0 Å². The van der Waals surface area contributed by atoms with Crippen LogP contribution in [-0.2, 0) is 4.79 Å². The van der Waals surface area contributed by atoms with Gasteiger partial charge in [0.1, 0.15) is 5.78 Å². The van der Waals surface area contributed by atoms with Crippen LogP contribution in [0.3, 0.4) is 0 Å². The Labute approximate surface area is 117 Å². The first-order valence-corrected chi connectivity index (χ1v) is 8.14. The second kappa shape index (κ2) is 4.46. The van der Waals surface area contributed by atoms with Crippen LogP contribution >= 0.6 is 0 Å². The third-order valence-electron chi connectivity index (χ3n) is 6.88. The van der Waals surface area contributed by atoms with Crippen molar-refractivity contribution < 1.29 is 4.79 Å². The van der Waals surface area contributed by atoms with Crippen LogP contribution in [-0.4, -0.2) is 5.78 Å². The van der Waals surface area contributed by atoms with Gasteiger partial charge in [-0.2, -0.15) is 0 Å². The highest BCUT2D eigenvalue weighted by Crippen LogP contribution is 2.64. The Morgan fingerprint density at radius 1 is 1.26 bits per heavy atom. The van der Waals surface area contributed by atoms with Gasteiger partial charge in [0, 0.05) is 12.3 Å². The third kappa shape index (κ3) is 1.76. The zero-order valence-electron chi connectivity index (χ0n) is 12.7. The van der Waals surface area contributed by atoms with E-state index in [4.69, 9.17) is 0 Å². The van der Waals surface area contributed by atoms with Gasteiger partial charge in [0.15, 0.2) is 0 Å². The fraction of sp³-hybridized carbons (Fsp3) is 0.833. The third-order valence-corrected chi connectivity index (χ3v) is 6.88. The van der Waals surface area contributed by atoms with E-state index in [-0.39, 0.29) is 0 Å². The highest BCUT2D eigenvalue weighted by atomic mass is 16.1.